The van der Waals surface area contributed by atoms with Crippen LogP contribution in [-0.2, 0) is 43.0 Å². The average molecular weight is 1760 g/mol. The van der Waals surface area contributed by atoms with Crippen LogP contribution in [0.4, 0.5) is 0 Å². The number of rotatable bonds is 20. The van der Waals surface area contributed by atoms with E-state index in [9.17, 15) is 24.6 Å². The number of halogens is 7. The number of carboxylic acid groups (broad SMARTS) is 1. The van der Waals surface area contributed by atoms with Crippen molar-refractivity contribution in [1.29, 1.82) is 0 Å². The number of methoxy groups -OCH3 is 1. The Morgan fingerprint density at radius 1 is 0.518 bits per heavy atom. The van der Waals surface area contributed by atoms with Gasteiger partial charge >= 0.3 is 121 Å². The molecule has 20 nitrogen and oxygen atoms in total. The molecule has 0 spiro atoms. The minimum absolute atomic E-state index is 0. The number of aliphatic carboxylic acids is 1. The summed E-state index contributed by atoms with van der Waals surface area (Å²) in [5.74, 6) is -0.863. The molecule has 0 amide bonds. The summed E-state index contributed by atoms with van der Waals surface area (Å²) in [6.07, 6.45) is 5.20. The summed E-state index contributed by atoms with van der Waals surface area (Å²) in [6, 6.07) is 70.4. The van der Waals surface area contributed by atoms with E-state index in [1.54, 1.807) is 181 Å². The van der Waals surface area contributed by atoms with Crippen molar-refractivity contribution in [3.63, 3.8) is 0 Å². The molecule has 9 aromatic carbocycles. The number of nitrogens with zero attached hydrogens (tertiary/aromatic N) is 6. The van der Waals surface area contributed by atoms with E-state index in [1.165, 1.54) is 0 Å². The zero-order chi connectivity index (χ0) is 75.9. The summed E-state index contributed by atoms with van der Waals surface area (Å²) >= 11 is 39.5. The van der Waals surface area contributed by atoms with E-state index >= 15 is 0 Å². The van der Waals surface area contributed by atoms with Crippen LogP contribution in [-0.4, -0.2) is 97.2 Å². The number of phenolic OH excluding ortho intramolecular Hbond substituents is 1. The predicted octanol–water partition coefficient (Wildman–Crippen LogP) is 15.7. The van der Waals surface area contributed by atoms with Crippen molar-refractivity contribution in [2.45, 2.75) is 79.7 Å². The van der Waals surface area contributed by atoms with Crippen LogP contribution in [0.3, 0.4) is 0 Å². The predicted molar refractivity (Wildman–Crippen MR) is 439 cm³/mol. The van der Waals surface area contributed by atoms with Gasteiger partial charge < -0.3 is 50.2 Å². The maximum Gasteiger partial charge on any atom is 1.00 e. The average Bonchev–Trinajstić information content (AvgIpc) is 1.76. The quantitative estimate of drug-likeness (QED) is 0.0180. The maximum absolute atomic E-state index is 12.8. The molecule has 1 aliphatic heterocycles. The molecule has 4 heterocycles. The van der Waals surface area contributed by atoms with E-state index in [0.717, 1.165) is 59.2 Å². The SMILES string of the molecule is C.C.C.C.CCOC(=O)C(Br)c1ccc(Cl)cc1.CCOC(=O)C(Oc1ccc(Cl)cc1-c1ccnn1-c1ccccc1)c1ccc(Cl)cc1.COC1CCCO1.O=C(O)C(Oc1ccc(Cl)cc1-c1ccnn1-c1ccccc1)c1ccc(Cl)cc1.O=CO[O-].Oc1ccc(Cl)cc1-c1ccnn1-c1ccccc1.[H-].[K+].[K+]. The van der Waals surface area contributed by atoms with Gasteiger partial charge in [0.15, 0.2) is 6.29 Å². The number of benzene rings is 9. The first-order valence-electron chi connectivity index (χ1n) is 32.4. The molecule has 582 valence electrons. The number of hydrogen-bond acceptors (Lipinski definition) is 16. The summed E-state index contributed by atoms with van der Waals surface area (Å²) in [7, 11) is 1.68. The number of hydrogen-bond donors (Lipinski definition) is 2. The first-order chi connectivity index (χ1) is 51.3. The van der Waals surface area contributed by atoms with Crippen LogP contribution in [0.5, 0.6) is 17.2 Å². The van der Waals surface area contributed by atoms with Gasteiger partial charge in [-0.3, -0.25) is 9.59 Å². The van der Waals surface area contributed by atoms with Crippen molar-refractivity contribution >= 4 is 110 Å². The van der Waals surface area contributed by atoms with Crippen molar-refractivity contribution in [2.75, 3.05) is 26.9 Å². The molecule has 1 fully saturated rings. The third-order valence-corrected chi connectivity index (χ3v) is 17.4. The minimum atomic E-state index is -1.21. The van der Waals surface area contributed by atoms with E-state index in [2.05, 4.69) is 36.1 Å². The third-order valence-electron chi connectivity index (χ3n) is 15.0. The number of ether oxygens (including phenoxy) is 6. The first-order valence-corrected chi connectivity index (χ1v) is 35.6. The van der Waals surface area contributed by atoms with Crippen LogP contribution in [0, 0.1) is 0 Å². The van der Waals surface area contributed by atoms with Crippen LogP contribution in [0.2, 0.25) is 30.1 Å². The summed E-state index contributed by atoms with van der Waals surface area (Å²) in [4.78, 5) is 46.9. The number of esters is 2. The van der Waals surface area contributed by atoms with Crippen molar-refractivity contribution in [3.8, 4) is 68.1 Å². The Balaban J connectivity index is 0.000000728. The Morgan fingerprint density at radius 2 is 0.857 bits per heavy atom. The minimum Gasteiger partial charge on any atom is -1.00 e. The van der Waals surface area contributed by atoms with Gasteiger partial charge in [0.2, 0.25) is 12.2 Å². The monoisotopic (exact) mass is 1760 g/mol. The molecular formula is C83H85BrCl6K2N6O14. The molecule has 112 heavy (non-hydrogen) atoms. The number of aromatic hydroxyl groups is 1. The number of carboxylic acids is 1. The van der Waals surface area contributed by atoms with Crippen LogP contribution in [0.1, 0.15) is 91.5 Å². The molecule has 1 saturated heterocycles. The fourth-order valence-corrected chi connectivity index (χ4v) is 11.5. The number of carbonyl (C=O) groups is 4. The summed E-state index contributed by atoms with van der Waals surface area (Å²) in [6.45, 7) is 4.84. The third kappa shape index (κ3) is 30.5. The summed E-state index contributed by atoms with van der Waals surface area (Å²) in [5.41, 5.74) is 8.90. The zero-order valence-electron chi connectivity index (χ0n) is 59.8. The normalized spacial score (nSPS) is 12.0. The number of para-hydroxylation sites is 3. The van der Waals surface area contributed by atoms with Crippen molar-refractivity contribution in [1.82, 2.24) is 29.3 Å². The molecule has 0 saturated carbocycles. The van der Waals surface area contributed by atoms with Crippen LogP contribution in [0.25, 0.3) is 50.8 Å². The van der Waals surface area contributed by atoms with Gasteiger partial charge in [-0.2, -0.15) is 15.3 Å². The molecule has 13 rings (SSSR count). The van der Waals surface area contributed by atoms with Crippen LogP contribution in [0.15, 0.2) is 255 Å². The second kappa shape index (κ2) is 53.4. The standard InChI is InChI=1S/C25H20Cl2N2O3.C23H16Cl2N2O3.C15H11ClN2O.C10H10BrClO2.C5H10O2.CH2O3.4CH4.2K.H/c1-2-31-25(30)24(17-8-10-18(26)11-9-17)32-23-13-12-19(27)16-21(23)22-14-15-28-29(22)20-6-4-3-5-7-20;24-16-8-6-15(7-9-16)22(23(28)29)30-21-11-10-17(25)14-19(21)20-12-13-26-27(20)18-4-2-1-3-5-18;16-11-6-7-15(19)13(10-11)14-8-9-17-18(14)12-4-2-1-3-5-12;1-2-14-10(13)9(11)7-3-5-8(12)6-4-7;1-6-5-3-2-4-7-5;2-1-4-3;;;;;;;/h3-16,24H,2H2,1H3;1-14,22H,(H,28,29);1-10,19H;3-6,9H,2H2,1H3;5H,2-4H2,1H3;1,3H;4*1H4;;;/q;;;;;;;;;;2*+1;-1/p-1. The Morgan fingerprint density at radius 3 is 1.21 bits per heavy atom. The molecule has 0 bridgehead atoms. The number of aromatic nitrogens is 6. The number of carbonyl (C=O) groups excluding carboxylic acids is 3. The fourth-order valence-electron chi connectivity index (χ4n) is 10.1. The van der Waals surface area contributed by atoms with E-state index < -0.39 is 29.0 Å². The van der Waals surface area contributed by atoms with E-state index in [0.29, 0.717) is 76.1 Å². The van der Waals surface area contributed by atoms with Crippen LogP contribution < -0.4 is 118 Å². The first kappa shape index (κ1) is 101. The topological polar surface area (TPSA) is 250 Å². The molecule has 2 N–H and O–H groups in total. The molecule has 0 aliphatic carbocycles. The molecule has 3 aromatic heterocycles. The molecular weight excluding hydrogens is 1680 g/mol. The van der Waals surface area contributed by atoms with Crippen LogP contribution >= 0.6 is 85.5 Å². The fraction of sp³-hybridized carbons (Fsp3) is 0.193. The van der Waals surface area contributed by atoms with Crippen molar-refractivity contribution < 1.29 is 172 Å². The second-order valence-corrected chi connectivity index (χ2v) is 25.6. The Hall–Kier alpha value is -6.74. The number of phenols is 1. The summed E-state index contributed by atoms with van der Waals surface area (Å²) < 4.78 is 37.6. The van der Waals surface area contributed by atoms with Gasteiger partial charge in [-0.1, -0.05) is 206 Å². The van der Waals surface area contributed by atoms with E-state index in [4.69, 9.17) is 108 Å². The van der Waals surface area contributed by atoms with Gasteiger partial charge in [0, 0.05) is 78.1 Å². The van der Waals surface area contributed by atoms with E-state index in [-0.39, 0.29) is 165 Å². The Kier molecular flexibility index (Phi) is 48.3. The summed E-state index contributed by atoms with van der Waals surface area (Å²) in [5, 5.41) is 44.7. The van der Waals surface area contributed by atoms with Gasteiger partial charge in [-0.25, -0.2) is 23.6 Å². The van der Waals surface area contributed by atoms with Gasteiger partial charge in [0.1, 0.15) is 22.1 Å². The van der Waals surface area contributed by atoms with Gasteiger partial charge in [-0.05, 0) is 171 Å². The molecule has 29 heteroatoms. The van der Waals surface area contributed by atoms with Gasteiger partial charge in [0.25, 0.3) is 6.47 Å². The molecule has 12 aromatic rings. The molecule has 1 aliphatic rings. The zero-order valence-corrected chi connectivity index (χ0v) is 71.2. The molecule has 0 radical (unpaired) electrons. The van der Waals surface area contributed by atoms with E-state index in [1.807, 2.05) is 109 Å². The van der Waals surface area contributed by atoms with Gasteiger partial charge in [0.05, 0.1) is 65.9 Å². The number of alkyl halides is 1. The van der Waals surface area contributed by atoms with Crippen molar-refractivity contribution in [3.05, 3.63) is 302 Å². The van der Waals surface area contributed by atoms with Gasteiger partial charge in [-0.15, -0.1) is 0 Å². The van der Waals surface area contributed by atoms with Crippen molar-refractivity contribution in [2.24, 2.45) is 0 Å². The Labute approximate surface area is 778 Å². The Bertz CT molecular complexity index is 4750. The smallest absolute Gasteiger partial charge is 1.00 e. The maximum atomic E-state index is 12.8. The largest absolute Gasteiger partial charge is 1.00 e. The second-order valence-electron chi connectivity index (χ2n) is 22.1. The molecule has 4 atom stereocenters. The molecule has 4 unspecified atom stereocenters.